The smallest absolute Gasteiger partial charge is 0.169 e. The van der Waals surface area contributed by atoms with Crippen LogP contribution < -0.4 is 5.32 Å². The van der Waals surface area contributed by atoms with Crippen LogP contribution in [0.4, 0.5) is 0 Å². The van der Waals surface area contributed by atoms with Crippen LogP contribution in [0.25, 0.3) is 10.9 Å². The van der Waals surface area contributed by atoms with Crippen LogP contribution in [0.15, 0.2) is 24.3 Å². The third kappa shape index (κ3) is 2.18. The Hall–Kier alpha value is -1.61. The van der Waals surface area contributed by atoms with E-state index in [9.17, 15) is 4.79 Å². The van der Waals surface area contributed by atoms with Crippen LogP contribution in [-0.2, 0) is 0 Å². The third-order valence-electron chi connectivity index (χ3n) is 3.45. The van der Waals surface area contributed by atoms with Gasteiger partial charge < -0.3 is 10.3 Å². The Morgan fingerprint density at radius 1 is 1.39 bits per heavy atom. The molecule has 3 nitrogen and oxygen atoms in total. The first-order chi connectivity index (χ1) is 8.69. The Morgan fingerprint density at radius 3 is 2.78 bits per heavy atom. The second kappa shape index (κ2) is 5.36. The molecule has 0 bridgehead atoms. The normalized spacial score (nSPS) is 12.8. The minimum atomic E-state index is 0.0490. The molecule has 0 radical (unpaired) electrons. The van der Waals surface area contributed by atoms with E-state index in [0.29, 0.717) is 0 Å². The predicted octanol–water partition coefficient (Wildman–Crippen LogP) is 2.90. The van der Waals surface area contributed by atoms with Gasteiger partial charge in [-0.1, -0.05) is 25.1 Å². The molecule has 2 aromatic rings. The number of aromatic nitrogens is 1. The van der Waals surface area contributed by atoms with Crippen molar-refractivity contribution in [2.24, 2.45) is 5.92 Å². The Labute approximate surface area is 108 Å². The predicted molar refractivity (Wildman–Crippen MR) is 75.1 cm³/mol. The number of aryl methyl sites for hydroxylation is 1. The number of fused-ring (bicyclic) bond motifs is 1. The molecular formula is C15H20N2O. The van der Waals surface area contributed by atoms with Gasteiger partial charge in [0.2, 0.25) is 0 Å². The fraction of sp³-hybridized carbons (Fsp3) is 0.400. The van der Waals surface area contributed by atoms with Gasteiger partial charge >= 0.3 is 0 Å². The average molecular weight is 244 g/mol. The molecule has 1 atom stereocenters. The Morgan fingerprint density at radius 2 is 2.11 bits per heavy atom. The van der Waals surface area contributed by atoms with Crippen molar-refractivity contribution < 1.29 is 4.79 Å². The van der Waals surface area contributed by atoms with Gasteiger partial charge in [-0.05, 0) is 26.5 Å². The number of carbonyl (C=O) groups is 1. The highest BCUT2D eigenvalue weighted by Crippen LogP contribution is 2.25. The first-order valence-electron chi connectivity index (χ1n) is 6.45. The molecular weight excluding hydrogens is 224 g/mol. The Kier molecular flexibility index (Phi) is 3.82. The number of benzene rings is 1. The topological polar surface area (TPSA) is 44.9 Å². The number of para-hydroxylation sites is 1. The summed E-state index contributed by atoms with van der Waals surface area (Å²) in [7, 11) is 1.89. The van der Waals surface area contributed by atoms with E-state index in [4.69, 9.17) is 0 Å². The van der Waals surface area contributed by atoms with Crippen molar-refractivity contribution in [2.75, 3.05) is 13.6 Å². The summed E-state index contributed by atoms with van der Waals surface area (Å²) in [5.41, 5.74) is 2.86. The second-order valence-corrected chi connectivity index (χ2v) is 4.70. The molecule has 18 heavy (non-hydrogen) atoms. The summed E-state index contributed by atoms with van der Waals surface area (Å²) in [6, 6.07) is 7.99. The lowest BCUT2D eigenvalue weighted by Crippen LogP contribution is -2.26. The zero-order valence-corrected chi connectivity index (χ0v) is 11.2. The standard InChI is InChI=1S/C15H20N2O/c1-4-11(9-16-3)15(18)14-10(2)17-13-8-6-5-7-12(13)14/h5-8,11,16-17H,4,9H2,1-3H3. The number of nitrogens with one attached hydrogen (secondary N) is 2. The van der Waals surface area contributed by atoms with E-state index in [1.807, 2.05) is 38.2 Å². The van der Waals surface area contributed by atoms with Gasteiger partial charge in [0, 0.05) is 34.6 Å². The molecule has 96 valence electrons. The fourth-order valence-electron chi connectivity index (χ4n) is 2.47. The molecule has 0 fully saturated rings. The lowest BCUT2D eigenvalue weighted by Gasteiger charge is -2.13. The minimum Gasteiger partial charge on any atom is -0.358 e. The van der Waals surface area contributed by atoms with Crippen molar-refractivity contribution in [3.63, 3.8) is 0 Å². The zero-order valence-electron chi connectivity index (χ0n) is 11.2. The lowest BCUT2D eigenvalue weighted by atomic mass is 9.93. The van der Waals surface area contributed by atoms with Crippen LogP contribution in [0.1, 0.15) is 29.4 Å². The van der Waals surface area contributed by atoms with Gasteiger partial charge in [-0.25, -0.2) is 0 Å². The number of ketones is 1. The summed E-state index contributed by atoms with van der Waals surface area (Å²) in [6.45, 7) is 4.76. The van der Waals surface area contributed by atoms with Crippen molar-refractivity contribution in [2.45, 2.75) is 20.3 Å². The highest BCUT2D eigenvalue weighted by atomic mass is 16.1. The van der Waals surface area contributed by atoms with Crippen molar-refractivity contribution >= 4 is 16.7 Å². The molecule has 1 aromatic carbocycles. The van der Waals surface area contributed by atoms with E-state index >= 15 is 0 Å². The molecule has 1 aromatic heterocycles. The SMILES string of the molecule is CCC(CNC)C(=O)c1c(C)[nH]c2ccccc12. The summed E-state index contributed by atoms with van der Waals surface area (Å²) in [6.07, 6.45) is 0.860. The zero-order chi connectivity index (χ0) is 13.1. The number of hydrogen-bond donors (Lipinski definition) is 2. The molecule has 0 amide bonds. The number of rotatable bonds is 5. The maximum absolute atomic E-state index is 12.6. The van der Waals surface area contributed by atoms with Crippen molar-refractivity contribution in [1.82, 2.24) is 10.3 Å². The average Bonchev–Trinajstić information content (AvgIpc) is 2.71. The molecule has 0 aliphatic rings. The number of carbonyl (C=O) groups excluding carboxylic acids is 1. The van der Waals surface area contributed by atoms with Crippen LogP contribution in [0.5, 0.6) is 0 Å². The first kappa shape index (κ1) is 12.8. The number of Topliss-reactive ketones (excluding diaryl/α,β-unsaturated/α-hetero) is 1. The quantitative estimate of drug-likeness (QED) is 0.794. The monoisotopic (exact) mass is 244 g/mol. The van der Waals surface area contributed by atoms with E-state index in [1.54, 1.807) is 0 Å². The molecule has 3 heteroatoms. The Bertz CT molecular complexity index is 557. The maximum Gasteiger partial charge on any atom is 0.169 e. The molecule has 0 aliphatic carbocycles. The van der Waals surface area contributed by atoms with E-state index < -0.39 is 0 Å². The number of aromatic amines is 1. The van der Waals surface area contributed by atoms with Gasteiger partial charge in [-0.2, -0.15) is 0 Å². The second-order valence-electron chi connectivity index (χ2n) is 4.70. The van der Waals surface area contributed by atoms with Crippen LogP contribution in [0, 0.1) is 12.8 Å². The number of H-pyrrole nitrogens is 1. The van der Waals surface area contributed by atoms with Gasteiger partial charge in [-0.15, -0.1) is 0 Å². The molecule has 0 saturated carbocycles. The van der Waals surface area contributed by atoms with E-state index in [2.05, 4.69) is 17.2 Å². The highest BCUT2D eigenvalue weighted by Gasteiger charge is 2.22. The largest absolute Gasteiger partial charge is 0.358 e. The van der Waals surface area contributed by atoms with Crippen LogP contribution in [-0.4, -0.2) is 24.4 Å². The molecule has 2 rings (SSSR count). The maximum atomic E-state index is 12.6. The van der Waals surface area contributed by atoms with Gasteiger partial charge in [0.15, 0.2) is 5.78 Å². The van der Waals surface area contributed by atoms with Crippen molar-refractivity contribution in [1.29, 1.82) is 0 Å². The summed E-state index contributed by atoms with van der Waals surface area (Å²) < 4.78 is 0. The van der Waals surface area contributed by atoms with Crippen molar-refractivity contribution in [3.8, 4) is 0 Å². The molecule has 0 aliphatic heterocycles. The van der Waals surface area contributed by atoms with Gasteiger partial charge in [0.05, 0.1) is 0 Å². The van der Waals surface area contributed by atoms with Gasteiger partial charge in [-0.3, -0.25) is 4.79 Å². The van der Waals surface area contributed by atoms with E-state index in [0.717, 1.165) is 35.1 Å². The van der Waals surface area contributed by atoms with Crippen LogP contribution >= 0.6 is 0 Å². The van der Waals surface area contributed by atoms with Crippen molar-refractivity contribution in [3.05, 3.63) is 35.5 Å². The summed E-state index contributed by atoms with van der Waals surface area (Å²) in [5, 5.41) is 4.13. The third-order valence-corrected chi connectivity index (χ3v) is 3.45. The molecule has 0 spiro atoms. The summed E-state index contributed by atoms with van der Waals surface area (Å²) in [5.74, 6) is 0.287. The Balaban J connectivity index is 2.46. The van der Waals surface area contributed by atoms with Gasteiger partial charge in [0.1, 0.15) is 0 Å². The summed E-state index contributed by atoms with van der Waals surface area (Å²) in [4.78, 5) is 15.9. The van der Waals surface area contributed by atoms with Gasteiger partial charge in [0.25, 0.3) is 0 Å². The minimum absolute atomic E-state index is 0.0490. The molecule has 2 N–H and O–H groups in total. The summed E-state index contributed by atoms with van der Waals surface area (Å²) >= 11 is 0. The molecule has 0 saturated heterocycles. The fourth-order valence-corrected chi connectivity index (χ4v) is 2.47. The lowest BCUT2D eigenvalue weighted by molar-refractivity contribution is 0.0918. The molecule has 1 unspecified atom stereocenters. The highest BCUT2D eigenvalue weighted by molar-refractivity contribution is 6.10. The number of hydrogen-bond acceptors (Lipinski definition) is 2. The van der Waals surface area contributed by atoms with Crippen LogP contribution in [0.3, 0.4) is 0 Å². The van der Waals surface area contributed by atoms with Crippen LogP contribution in [0.2, 0.25) is 0 Å². The van der Waals surface area contributed by atoms with E-state index in [1.165, 1.54) is 0 Å². The van der Waals surface area contributed by atoms with E-state index in [-0.39, 0.29) is 11.7 Å². The first-order valence-corrected chi connectivity index (χ1v) is 6.45. The molecule has 1 heterocycles.